The lowest BCUT2D eigenvalue weighted by molar-refractivity contribution is 0.0690. The molecule has 1 aromatic heterocycles. The first-order chi connectivity index (χ1) is 8.28. The van der Waals surface area contributed by atoms with Crippen molar-refractivity contribution in [2.24, 2.45) is 5.41 Å². The summed E-state index contributed by atoms with van der Waals surface area (Å²) in [5.41, 5.74) is -0.0456. The number of carboxylic acid groups (broad SMARTS) is 1. The van der Waals surface area contributed by atoms with Crippen LogP contribution in [0.1, 0.15) is 37.7 Å². The number of anilines is 1. The predicted octanol–water partition coefficient (Wildman–Crippen LogP) is 1.38. The minimum atomic E-state index is -1.11. The van der Waals surface area contributed by atoms with Gasteiger partial charge >= 0.3 is 5.97 Å². The van der Waals surface area contributed by atoms with Crippen molar-refractivity contribution in [3.8, 4) is 0 Å². The number of rotatable bonds is 5. The van der Waals surface area contributed by atoms with E-state index in [0.717, 1.165) is 0 Å². The number of carbonyl (C=O) groups is 1. The van der Waals surface area contributed by atoms with Crippen LogP contribution in [0.2, 0.25) is 0 Å². The van der Waals surface area contributed by atoms with Crippen molar-refractivity contribution >= 4 is 11.8 Å². The first-order valence-corrected chi connectivity index (χ1v) is 5.75. The van der Waals surface area contributed by atoms with Crippen molar-refractivity contribution in [3.63, 3.8) is 0 Å². The number of aromatic nitrogens is 2. The summed E-state index contributed by atoms with van der Waals surface area (Å²) in [4.78, 5) is 18.2. The maximum atomic E-state index is 10.6. The van der Waals surface area contributed by atoms with Gasteiger partial charge in [0.05, 0.1) is 18.5 Å². The summed E-state index contributed by atoms with van der Waals surface area (Å²) in [6.07, 6.45) is 2.71. The average Bonchev–Trinajstić information content (AvgIpc) is 2.24. The normalized spacial score (nSPS) is 13.1. The highest BCUT2D eigenvalue weighted by Gasteiger charge is 2.16. The van der Waals surface area contributed by atoms with Gasteiger partial charge < -0.3 is 15.5 Å². The molecule has 0 amide bonds. The molecule has 18 heavy (non-hydrogen) atoms. The van der Waals surface area contributed by atoms with E-state index in [1.54, 1.807) is 0 Å². The first-order valence-electron chi connectivity index (χ1n) is 5.75. The monoisotopic (exact) mass is 253 g/mol. The molecular weight excluding hydrogens is 234 g/mol. The minimum absolute atomic E-state index is 0.0555. The smallest absolute Gasteiger partial charge is 0.356 e. The second-order valence-corrected chi connectivity index (χ2v) is 5.39. The predicted molar refractivity (Wildman–Crippen MR) is 67.6 cm³/mol. The molecule has 1 aromatic rings. The van der Waals surface area contributed by atoms with Crippen molar-refractivity contribution in [2.45, 2.75) is 33.3 Å². The minimum Gasteiger partial charge on any atom is -0.476 e. The van der Waals surface area contributed by atoms with Crippen molar-refractivity contribution in [1.29, 1.82) is 0 Å². The molecule has 3 N–H and O–H groups in total. The fraction of sp³-hybridized carbons (Fsp3) is 0.583. The second-order valence-electron chi connectivity index (χ2n) is 5.39. The number of nitrogens with zero attached hydrogens (tertiary/aromatic N) is 2. The third kappa shape index (κ3) is 5.09. The van der Waals surface area contributed by atoms with Crippen LogP contribution < -0.4 is 5.32 Å². The third-order valence-electron chi connectivity index (χ3n) is 2.24. The molecule has 1 heterocycles. The van der Waals surface area contributed by atoms with Gasteiger partial charge in [0, 0.05) is 6.54 Å². The Labute approximate surface area is 106 Å². The Bertz CT molecular complexity index is 398. The van der Waals surface area contributed by atoms with Crippen molar-refractivity contribution in [1.82, 2.24) is 9.97 Å². The molecule has 0 aromatic carbocycles. The summed E-state index contributed by atoms with van der Waals surface area (Å²) in [6.45, 7) is 6.52. The first kappa shape index (κ1) is 14.4. The zero-order valence-electron chi connectivity index (χ0n) is 10.8. The Balaban J connectivity index is 2.46. The molecule has 0 radical (unpaired) electrons. The Morgan fingerprint density at radius 3 is 2.50 bits per heavy atom. The van der Waals surface area contributed by atoms with Crippen LogP contribution in [0.15, 0.2) is 12.4 Å². The molecule has 0 spiro atoms. The summed E-state index contributed by atoms with van der Waals surface area (Å²) in [5.74, 6) is -0.658. The van der Waals surface area contributed by atoms with E-state index in [4.69, 9.17) is 5.11 Å². The Morgan fingerprint density at radius 2 is 2.06 bits per heavy atom. The van der Waals surface area contributed by atoms with E-state index in [1.165, 1.54) is 12.4 Å². The summed E-state index contributed by atoms with van der Waals surface area (Å²) in [5, 5.41) is 21.4. The molecular formula is C12H19N3O3. The molecule has 1 rings (SSSR count). The van der Waals surface area contributed by atoms with E-state index in [9.17, 15) is 9.90 Å². The number of aromatic carboxylic acids is 1. The van der Waals surface area contributed by atoms with Crippen molar-refractivity contribution in [3.05, 3.63) is 18.1 Å². The molecule has 0 bridgehead atoms. The highest BCUT2D eigenvalue weighted by molar-refractivity contribution is 5.84. The third-order valence-corrected chi connectivity index (χ3v) is 2.24. The molecule has 0 saturated carbocycles. The summed E-state index contributed by atoms with van der Waals surface area (Å²) >= 11 is 0. The van der Waals surface area contributed by atoms with E-state index in [1.807, 2.05) is 0 Å². The molecule has 6 nitrogen and oxygen atoms in total. The van der Waals surface area contributed by atoms with Crippen molar-refractivity contribution < 1.29 is 15.0 Å². The van der Waals surface area contributed by atoms with Crippen LogP contribution in [0, 0.1) is 5.41 Å². The van der Waals surface area contributed by atoms with Gasteiger partial charge in [0.2, 0.25) is 0 Å². The number of carboxylic acids is 1. The quantitative estimate of drug-likeness (QED) is 0.733. The molecule has 100 valence electrons. The van der Waals surface area contributed by atoms with E-state index in [0.29, 0.717) is 18.8 Å². The van der Waals surface area contributed by atoms with Gasteiger partial charge in [-0.3, -0.25) is 0 Å². The standard InChI is InChI=1S/C12H19N3O3/c1-12(2,3)4-8(16)5-14-10-7-13-9(6-15-10)11(17)18/h6-8,16H,4-5H2,1-3H3,(H,14,15)(H,17,18). The zero-order chi connectivity index (χ0) is 13.8. The van der Waals surface area contributed by atoms with Crippen LogP contribution in [-0.4, -0.2) is 38.8 Å². The molecule has 1 unspecified atom stereocenters. The van der Waals surface area contributed by atoms with Crippen LogP contribution in [0.5, 0.6) is 0 Å². The molecule has 0 saturated heterocycles. The molecule has 0 fully saturated rings. The van der Waals surface area contributed by atoms with Crippen LogP contribution >= 0.6 is 0 Å². The highest BCUT2D eigenvalue weighted by atomic mass is 16.4. The Hall–Kier alpha value is -1.69. The van der Waals surface area contributed by atoms with Gasteiger partial charge in [0.25, 0.3) is 0 Å². The van der Waals surface area contributed by atoms with E-state index in [2.05, 4.69) is 36.1 Å². The molecule has 0 aliphatic heterocycles. The Morgan fingerprint density at radius 1 is 1.39 bits per heavy atom. The molecule has 6 heteroatoms. The van der Waals surface area contributed by atoms with E-state index >= 15 is 0 Å². The number of aliphatic hydroxyl groups is 1. The van der Waals surface area contributed by atoms with Crippen molar-refractivity contribution in [2.75, 3.05) is 11.9 Å². The lowest BCUT2D eigenvalue weighted by Crippen LogP contribution is -2.25. The number of aliphatic hydroxyl groups excluding tert-OH is 1. The SMILES string of the molecule is CC(C)(C)CC(O)CNc1cnc(C(=O)O)cn1. The van der Waals surface area contributed by atoms with E-state index < -0.39 is 12.1 Å². The van der Waals surface area contributed by atoms with E-state index in [-0.39, 0.29) is 11.1 Å². The van der Waals surface area contributed by atoms with Gasteiger partial charge in [-0.25, -0.2) is 14.8 Å². The molecule has 0 aliphatic rings. The van der Waals surface area contributed by atoms with Crippen LogP contribution in [0.3, 0.4) is 0 Å². The summed E-state index contributed by atoms with van der Waals surface area (Å²) in [7, 11) is 0. The molecule has 1 atom stereocenters. The van der Waals surface area contributed by atoms with Gasteiger partial charge in [-0.15, -0.1) is 0 Å². The Kier molecular flexibility index (Phi) is 4.61. The van der Waals surface area contributed by atoms with Gasteiger partial charge in [0.15, 0.2) is 5.69 Å². The largest absolute Gasteiger partial charge is 0.476 e. The maximum Gasteiger partial charge on any atom is 0.356 e. The maximum absolute atomic E-state index is 10.6. The lowest BCUT2D eigenvalue weighted by atomic mass is 9.89. The van der Waals surface area contributed by atoms with Gasteiger partial charge in [0.1, 0.15) is 5.82 Å². The fourth-order valence-electron chi connectivity index (χ4n) is 1.53. The zero-order valence-corrected chi connectivity index (χ0v) is 10.8. The number of hydrogen-bond donors (Lipinski definition) is 3. The van der Waals surface area contributed by atoms with Crippen LogP contribution in [0.4, 0.5) is 5.82 Å². The lowest BCUT2D eigenvalue weighted by Gasteiger charge is -2.22. The highest BCUT2D eigenvalue weighted by Crippen LogP contribution is 2.20. The number of hydrogen-bond acceptors (Lipinski definition) is 5. The topological polar surface area (TPSA) is 95.3 Å². The second kappa shape index (κ2) is 5.77. The fourth-order valence-corrected chi connectivity index (χ4v) is 1.53. The van der Waals surface area contributed by atoms with Gasteiger partial charge in [-0.1, -0.05) is 20.8 Å². The van der Waals surface area contributed by atoms with Gasteiger partial charge in [-0.05, 0) is 11.8 Å². The average molecular weight is 253 g/mol. The summed E-state index contributed by atoms with van der Waals surface area (Å²) < 4.78 is 0. The van der Waals surface area contributed by atoms with Crippen LogP contribution in [-0.2, 0) is 0 Å². The number of nitrogens with one attached hydrogen (secondary N) is 1. The van der Waals surface area contributed by atoms with Crippen LogP contribution in [0.25, 0.3) is 0 Å². The van der Waals surface area contributed by atoms with Gasteiger partial charge in [-0.2, -0.15) is 0 Å². The summed E-state index contributed by atoms with van der Waals surface area (Å²) in [6, 6.07) is 0. The molecule has 0 aliphatic carbocycles.